The molecule has 2 aromatic rings. The maximum atomic E-state index is 11.5. The van der Waals surface area contributed by atoms with E-state index in [0.717, 1.165) is 36.8 Å². The highest BCUT2D eigenvalue weighted by Gasteiger charge is 2.19. The van der Waals surface area contributed by atoms with E-state index >= 15 is 0 Å². The second-order valence-corrected chi connectivity index (χ2v) is 4.68. The molecular formula is C14H16N2O3. The second kappa shape index (κ2) is 5.01. The van der Waals surface area contributed by atoms with Crippen molar-refractivity contribution >= 4 is 16.9 Å². The summed E-state index contributed by atoms with van der Waals surface area (Å²) in [4.78, 5) is 11.5. The number of nitrogens with zero attached hydrogens (tertiary/aromatic N) is 2. The molecule has 1 unspecified atom stereocenters. The fraction of sp³-hybridized carbons (Fsp3) is 0.429. The number of ether oxygens (including phenoxy) is 2. The van der Waals surface area contributed by atoms with E-state index in [2.05, 4.69) is 5.10 Å². The van der Waals surface area contributed by atoms with Crippen LogP contribution in [0.25, 0.3) is 10.9 Å². The monoisotopic (exact) mass is 260 g/mol. The number of hydrogen-bond acceptors (Lipinski definition) is 4. The topological polar surface area (TPSA) is 53.3 Å². The third-order valence-electron chi connectivity index (χ3n) is 3.45. The van der Waals surface area contributed by atoms with Gasteiger partial charge in [0.2, 0.25) is 0 Å². The molecule has 0 radical (unpaired) electrons. The SMILES string of the molecule is COC(=O)c1ccc2c(cnn2C2CCCCO2)c1. The third-order valence-corrected chi connectivity index (χ3v) is 3.45. The molecule has 1 saturated heterocycles. The van der Waals surface area contributed by atoms with Crippen LogP contribution in [0.3, 0.4) is 0 Å². The van der Waals surface area contributed by atoms with Crippen LogP contribution >= 0.6 is 0 Å². The lowest BCUT2D eigenvalue weighted by Gasteiger charge is -2.23. The highest BCUT2D eigenvalue weighted by Crippen LogP contribution is 2.26. The van der Waals surface area contributed by atoms with Crippen LogP contribution in [-0.2, 0) is 9.47 Å². The number of hydrogen-bond donors (Lipinski definition) is 0. The molecular weight excluding hydrogens is 244 g/mol. The zero-order valence-corrected chi connectivity index (χ0v) is 10.8. The number of methoxy groups -OCH3 is 1. The van der Waals surface area contributed by atoms with Crippen molar-refractivity contribution in [2.75, 3.05) is 13.7 Å². The van der Waals surface area contributed by atoms with Gasteiger partial charge in [0.25, 0.3) is 0 Å². The van der Waals surface area contributed by atoms with Crippen molar-refractivity contribution < 1.29 is 14.3 Å². The maximum absolute atomic E-state index is 11.5. The molecule has 1 fully saturated rings. The number of aromatic nitrogens is 2. The van der Waals surface area contributed by atoms with Crippen molar-refractivity contribution in [2.45, 2.75) is 25.5 Å². The number of fused-ring (bicyclic) bond motifs is 1. The molecule has 1 aromatic heterocycles. The molecule has 100 valence electrons. The van der Waals surface area contributed by atoms with E-state index in [1.165, 1.54) is 7.11 Å². The van der Waals surface area contributed by atoms with Crippen molar-refractivity contribution in [2.24, 2.45) is 0 Å². The average Bonchev–Trinajstić information content (AvgIpc) is 2.90. The Bertz CT molecular complexity index is 600. The Morgan fingerprint density at radius 2 is 2.37 bits per heavy atom. The van der Waals surface area contributed by atoms with Gasteiger partial charge < -0.3 is 9.47 Å². The molecule has 0 N–H and O–H groups in total. The van der Waals surface area contributed by atoms with Crippen molar-refractivity contribution in [3.63, 3.8) is 0 Å². The first-order valence-electron chi connectivity index (χ1n) is 6.47. The molecule has 0 spiro atoms. The van der Waals surface area contributed by atoms with Gasteiger partial charge in [-0.05, 0) is 37.5 Å². The standard InChI is InChI=1S/C14H16N2O3/c1-18-14(17)10-5-6-12-11(8-10)9-15-16(12)13-4-2-3-7-19-13/h5-6,8-9,13H,2-4,7H2,1H3. The normalized spacial score (nSPS) is 19.5. The maximum Gasteiger partial charge on any atom is 0.337 e. The molecule has 5 heteroatoms. The predicted octanol–water partition coefficient (Wildman–Crippen LogP) is 2.52. The van der Waals surface area contributed by atoms with Gasteiger partial charge in [0, 0.05) is 12.0 Å². The van der Waals surface area contributed by atoms with Crippen molar-refractivity contribution in [3.8, 4) is 0 Å². The van der Waals surface area contributed by atoms with Crippen LogP contribution in [0.1, 0.15) is 35.8 Å². The smallest absolute Gasteiger partial charge is 0.337 e. The Morgan fingerprint density at radius 1 is 1.47 bits per heavy atom. The average molecular weight is 260 g/mol. The van der Waals surface area contributed by atoms with E-state index < -0.39 is 0 Å². The predicted molar refractivity (Wildman–Crippen MR) is 69.9 cm³/mol. The lowest BCUT2D eigenvalue weighted by molar-refractivity contribution is -0.0366. The largest absolute Gasteiger partial charge is 0.465 e. The second-order valence-electron chi connectivity index (χ2n) is 4.68. The molecule has 0 amide bonds. The van der Waals surface area contributed by atoms with Gasteiger partial charge in [-0.15, -0.1) is 0 Å². The Morgan fingerprint density at radius 3 is 3.11 bits per heavy atom. The molecule has 1 aliphatic rings. The van der Waals surface area contributed by atoms with Gasteiger partial charge in [-0.25, -0.2) is 9.48 Å². The summed E-state index contributed by atoms with van der Waals surface area (Å²) in [7, 11) is 1.38. The quantitative estimate of drug-likeness (QED) is 0.778. The van der Waals surface area contributed by atoms with Crippen LogP contribution in [-0.4, -0.2) is 29.5 Å². The number of rotatable bonds is 2. The molecule has 0 bridgehead atoms. The Hall–Kier alpha value is -1.88. The summed E-state index contributed by atoms with van der Waals surface area (Å²) in [5.74, 6) is -0.330. The first-order valence-corrected chi connectivity index (χ1v) is 6.47. The molecule has 19 heavy (non-hydrogen) atoms. The minimum atomic E-state index is -0.330. The number of carbonyl (C=O) groups excluding carboxylic acids is 1. The van der Waals surface area contributed by atoms with Crippen LogP contribution in [0.5, 0.6) is 0 Å². The van der Waals surface area contributed by atoms with E-state index in [1.807, 2.05) is 10.7 Å². The minimum absolute atomic E-state index is 0.00947. The van der Waals surface area contributed by atoms with Gasteiger partial charge in [0.15, 0.2) is 6.23 Å². The van der Waals surface area contributed by atoms with Crippen LogP contribution in [0.4, 0.5) is 0 Å². The number of carbonyl (C=O) groups is 1. The number of benzene rings is 1. The summed E-state index contributed by atoms with van der Waals surface area (Å²) in [6, 6.07) is 5.45. The molecule has 1 aliphatic heterocycles. The first kappa shape index (κ1) is 12.2. The highest BCUT2D eigenvalue weighted by atomic mass is 16.5. The van der Waals surface area contributed by atoms with Gasteiger partial charge in [0.1, 0.15) is 0 Å². The Balaban J connectivity index is 1.97. The van der Waals surface area contributed by atoms with Crippen LogP contribution in [0.15, 0.2) is 24.4 Å². The minimum Gasteiger partial charge on any atom is -0.465 e. The summed E-state index contributed by atoms with van der Waals surface area (Å²) in [5.41, 5.74) is 1.53. The Kier molecular flexibility index (Phi) is 3.21. The number of esters is 1. The fourth-order valence-corrected chi connectivity index (χ4v) is 2.44. The van der Waals surface area contributed by atoms with E-state index in [9.17, 15) is 4.79 Å². The van der Waals surface area contributed by atoms with Crippen molar-refractivity contribution in [1.82, 2.24) is 9.78 Å². The van der Waals surface area contributed by atoms with Gasteiger partial charge >= 0.3 is 5.97 Å². The van der Waals surface area contributed by atoms with Gasteiger partial charge in [-0.2, -0.15) is 5.10 Å². The van der Waals surface area contributed by atoms with E-state index in [0.29, 0.717) is 5.56 Å². The van der Waals surface area contributed by atoms with Gasteiger partial charge in [-0.1, -0.05) is 0 Å². The lowest BCUT2D eigenvalue weighted by Crippen LogP contribution is -2.18. The molecule has 0 saturated carbocycles. The summed E-state index contributed by atoms with van der Waals surface area (Å²) in [5, 5.41) is 5.31. The van der Waals surface area contributed by atoms with Crippen molar-refractivity contribution in [3.05, 3.63) is 30.0 Å². The van der Waals surface area contributed by atoms with E-state index in [1.54, 1.807) is 18.3 Å². The molecule has 1 aromatic carbocycles. The molecule has 3 rings (SSSR count). The van der Waals surface area contributed by atoms with Gasteiger partial charge in [-0.3, -0.25) is 0 Å². The van der Waals surface area contributed by atoms with Crippen molar-refractivity contribution in [1.29, 1.82) is 0 Å². The van der Waals surface area contributed by atoms with Crippen LogP contribution in [0.2, 0.25) is 0 Å². The van der Waals surface area contributed by atoms with Crippen LogP contribution in [0, 0.1) is 0 Å². The lowest BCUT2D eigenvalue weighted by atomic mass is 10.1. The highest BCUT2D eigenvalue weighted by molar-refractivity contribution is 5.94. The first-order chi connectivity index (χ1) is 9.29. The molecule has 5 nitrogen and oxygen atoms in total. The van der Waals surface area contributed by atoms with Crippen LogP contribution < -0.4 is 0 Å². The zero-order chi connectivity index (χ0) is 13.2. The summed E-state index contributed by atoms with van der Waals surface area (Å²) in [6.07, 6.45) is 5.03. The van der Waals surface area contributed by atoms with Gasteiger partial charge in [0.05, 0.1) is 24.4 Å². The summed E-state index contributed by atoms with van der Waals surface area (Å²) in [6.45, 7) is 0.784. The fourth-order valence-electron chi connectivity index (χ4n) is 2.44. The molecule has 2 heterocycles. The van der Waals surface area contributed by atoms with E-state index in [-0.39, 0.29) is 12.2 Å². The summed E-state index contributed by atoms with van der Waals surface area (Å²) >= 11 is 0. The Labute approximate surface area is 111 Å². The van der Waals surface area contributed by atoms with E-state index in [4.69, 9.17) is 9.47 Å². The molecule has 0 aliphatic carbocycles. The third kappa shape index (κ3) is 2.21. The molecule has 1 atom stereocenters. The zero-order valence-electron chi connectivity index (χ0n) is 10.8. The summed E-state index contributed by atoms with van der Waals surface area (Å²) < 4.78 is 12.4.